The summed E-state index contributed by atoms with van der Waals surface area (Å²) < 4.78 is 0.734. The van der Waals surface area contributed by atoms with Gasteiger partial charge in [-0.25, -0.2) is 0 Å². The Bertz CT molecular complexity index is 369. The van der Waals surface area contributed by atoms with Gasteiger partial charge in [-0.3, -0.25) is 10.1 Å². The lowest BCUT2D eigenvalue weighted by atomic mass is 10.2. The molecule has 0 spiro atoms. The van der Waals surface area contributed by atoms with Crippen LogP contribution in [0.15, 0.2) is 22.7 Å². The van der Waals surface area contributed by atoms with E-state index in [1.165, 1.54) is 25.0 Å². The molecule has 0 heterocycles. The molecule has 1 aromatic carbocycles. The summed E-state index contributed by atoms with van der Waals surface area (Å²) in [4.78, 5) is 10.1. The zero-order valence-electron chi connectivity index (χ0n) is 9.20. The fourth-order valence-corrected chi connectivity index (χ4v) is 1.87. The molecule has 0 radical (unpaired) electrons. The number of nitro groups is 1. The number of hydrogen-bond donors (Lipinski definition) is 1. The first-order valence-corrected chi connectivity index (χ1v) is 6.12. The number of nitrogens with one attached hydrogen (secondary N) is 1. The molecule has 0 aliphatic rings. The fourth-order valence-electron chi connectivity index (χ4n) is 1.36. The maximum absolute atomic E-state index is 10.5. The summed E-state index contributed by atoms with van der Waals surface area (Å²) in [6, 6.07) is 4.75. The van der Waals surface area contributed by atoms with Crippen LogP contribution < -0.4 is 5.32 Å². The number of non-ortho nitro benzene ring substituents is 1. The Hall–Kier alpha value is -1.10. The van der Waals surface area contributed by atoms with Crippen LogP contribution in [0.25, 0.3) is 0 Å². The third-order valence-corrected chi connectivity index (χ3v) is 2.92. The van der Waals surface area contributed by atoms with E-state index in [2.05, 4.69) is 28.2 Å². The van der Waals surface area contributed by atoms with Crippen molar-refractivity contribution in [3.63, 3.8) is 0 Å². The molecule has 5 heteroatoms. The molecule has 4 nitrogen and oxygen atoms in total. The Kier molecular flexibility index (Phi) is 5.25. The van der Waals surface area contributed by atoms with Gasteiger partial charge in [-0.15, -0.1) is 0 Å². The largest absolute Gasteiger partial charge is 0.384 e. The van der Waals surface area contributed by atoms with E-state index < -0.39 is 4.92 Å². The molecule has 0 aromatic heterocycles. The molecular weight excluding hydrogens is 272 g/mol. The molecule has 1 rings (SSSR count). The van der Waals surface area contributed by atoms with E-state index in [1.54, 1.807) is 6.07 Å². The summed E-state index contributed by atoms with van der Waals surface area (Å²) in [5, 5.41) is 13.8. The van der Waals surface area contributed by atoms with Gasteiger partial charge in [-0.05, 0) is 28.4 Å². The van der Waals surface area contributed by atoms with Crippen molar-refractivity contribution in [2.24, 2.45) is 0 Å². The molecule has 0 fully saturated rings. The Morgan fingerprint density at radius 1 is 1.44 bits per heavy atom. The second-order valence-corrected chi connectivity index (χ2v) is 4.41. The Labute approximate surface area is 103 Å². The second kappa shape index (κ2) is 6.48. The van der Waals surface area contributed by atoms with Crippen molar-refractivity contribution in [3.05, 3.63) is 32.8 Å². The summed E-state index contributed by atoms with van der Waals surface area (Å²) in [6.45, 7) is 3.05. The first kappa shape index (κ1) is 13.0. The van der Waals surface area contributed by atoms with Gasteiger partial charge in [0.2, 0.25) is 0 Å². The van der Waals surface area contributed by atoms with Crippen LogP contribution in [0.2, 0.25) is 0 Å². The van der Waals surface area contributed by atoms with Crippen molar-refractivity contribution in [1.82, 2.24) is 0 Å². The van der Waals surface area contributed by atoms with Crippen LogP contribution in [-0.2, 0) is 0 Å². The van der Waals surface area contributed by atoms with Crippen LogP contribution in [0.3, 0.4) is 0 Å². The fraction of sp³-hybridized carbons (Fsp3) is 0.455. The van der Waals surface area contributed by atoms with E-state index in [0.717, 1.165) is 23.1 Å². The lowest BCUT2D eigenvalue weighted by Crippen LogP contribution is -2.02. The Morgan fingerprint density at radius 3 is 2.75 bits per heavy atom. The Balaban J connectivity index is 2.57. The van der Waals surface area contributed by atoms with Crippen LogP contribution in [0.4, 0.5) is 11.4 Å². The number of nitro benzene ring substituents is 1. The maximum atomic E-state index is 10.5. The van der Waals surface area contributed by atoms with Crippen LogP contribution in [0, 0.1) is 10.1 Å². The van der Waals surface area contributed by atoms with E-state index >= 15 is 0 Å². The van der Waals surface area contributed by atoms with Crippen molar-refractivity contribution < 1.29 is 4.92 Å². The monoisotopic (exact) mass is 286 g/mol. The number of anilines is 1. The number of benzene rings is 1. The molecule has 0 saturated heterocycles. The second-order valence-electron chi connectivity index (χ2n) is 3.56. The highest BCUT2D eigenvalue weighted by molar-refractivity contribution is 9.10. The third-order valence-electron chi connectivity index (χ3n) is 2.26. The van der Waals surface area contributed by atoms with Gasteiger partial charge in [0, 0.05) is 28.8 Å². The topological polar surface area (TPSA) is 55.2 Å². The van der Waals surface area contributed by atoms with Crippen molar-refractivity contribution in [2.45, 2.75) is 26.2 Å². The van der Waals surface area contributed by atoms with Crippen molar-refractivity contribution in [2.75, 3.05) is 11.9 Å². The normalized spacial score (nSPS) is 10.1. The maximum Gasteiger partial charge on any atom is 0.270 e. The number of halogens is 1. The van der Waals surface area contributed by atoms with Crippen LogP contribution >= 0.6 is 15.9 Å². The molecule has 16 heavy (non-hydrogen) atoms. The first-order valence-electron chi connectivity index (χ1n) is 5.33. The van der Waals surface area contributed by atoms with Crippen LogP contribution in [0.1, 0.15) is 26.2 Å². The van der Waals surface area contributed by atoms with Gasteiger partial charge in [0.15, 0.2) is 0 Å². The SMILES string of the molecule is CCCCCNc1ccc([N+](=O)[O-])cc1Br. The predicted octanol–water partition coefficient (Wildman–Crippen LogP) is 3.96. The highest BCUT2D eigenvalue weighted by Crippen LogP contribution is 2.26. The zero-order chi connectivity index (χ0) is 12.0. The highest BCUT2D eigenvalue weighted by Gasteiger charge is 2.08. The minimum absolute atomic E-state index is 0.103. The molecule has 0 aliphatic heterocycles. The predicted molar refractivity (Wildman–Crippen MR) is 68.8 cm³/mol. The number of hydrogen-bond acceptors (Lipinski definition) is 3. The average molecular weight is 287 g/mol. The van der Waals surface area contributed by atoms with E-state index in [9.17, 15) is 10.1 Å². The molecule has 0 saturated carbocycles. The van der Waals surface area contributed by atoms with Gasteiger partial charge in [0.1, 0.15) is 0 Å². The molecular formula is C11H15BrN2O2. The minimum atomic E-state index is -0.397. The quantitative estimate of drug-likeness (QED) is 0.489. The first-order chi connectivity index (χ1) is 7.65. The highest BCUT2D eigenvalue weighted by atomic mass is 79.9. The minimum Gasteiger partial charge on any atom is -0.384 e. The lowest BCUT2D eigenvalue weighted by Gasteiger charge is -2.07. The molecule has 88 valence electrons. The molecule has 0 amide bonds. The average Bonchev–Trinajstić information content (AvgIpc) is 2.26. The lowest BCUT2D eigenvalue weighted by molar-refractivity contribution is -0.384. The van der Waals surface area contributed by atoms with Gasteiger partial charge in [-0.1, -0.05) is 19.8 Å². The van der Waals surface area contributed by atoms with E-state index in [1.807, 2.05) is 0 Å². The zero-order valence-corrected chi connectivity index (χ0v) is 10.8. The molecule has 0 unspecified atom stereocenters. The van der Waals surface area contributed by atoms with Gasteiger partial charge >= 0.3 is 0 Å². The van der Waals surface area contributed by atoms with Gasteiger partial charge in [0.25, 0.3) is 5.69 Å². The molecule has 0 bridgehead atoms. The summed E-state index contributed by atoms with van der Waals surface area (Å²) in [5.74, 6) is 0. The summed E-state index contributed by atoms with van der Waals surface area (Å²) in [6.07, 6.45) is 3.49. The molecule has 0 atom stereocenters. The van der Waals surface area contributed by atoms with Crippen LogP contribution in [-0.4, -0.2) is 11.5 Å². The number of unbranched alkanes of at least 4 members (excludes halogenated alkanes) is 2. The molecule has 1 aromatic rings. The Morgan fingerprint density at radius 2 is 2.19 bits per heavy atom. The number of nitrogens with zero attached hydrogens (tertiary/aromatic N) is 1. The summed E-state index contributed by atoms with van der Waals surface area (Å²) in [5.41, 5.74) is 1.01. The van der Waals surface area contributed by atoms with E-state index in [4.69, 9.17) is 0 Å². The summed E-state index contributed by atoms with van der Waals surface area (Å²) >= 11 is 3.32. The van der Waals surface area contributed by atoms with Gasteiger partial charge < -0.3 is 5.32 Å². The molecule has 0 aliphatic carbocycles. The third kappa shape index (κ3) is 3.81. The van der Waals surface area contributed by atoms with Crippen molar-refractivity contribution in [3.8, 4) is 0 Å². The van der Waals surface area contributed by atoms with Gasteiger partial charge in [-0.2, -0.15) is 0 Å². The van der Waals surface area contributed by atoms with E-state index in [-0.39, 0.29) is 5.69 Å². The van der Waals surface area contributed by atoms with Gasteiger partial charge in [0.05, 0.1) is 4.92 Å². The van der Waals surface area contributed by atoms with Crippen molar-refractivity contribution in [1.29, 1.82) is 0 Å². The van der Waals surface area contributed by atoms with Crippen molar-refractivity contribution >= 4 is 27.3 Å². The standard InChI is InChI=1S/C11H15BrN2O2/c1-2-3-4-7-13-11-6-5-9(14(15)16)8-10(11)12/h5-6,8,13H,2-4,7H2,1H3. The number of rotatable bonds is 6. The van der Waals surface area contributed by atoms with E-state index in [0.29, 0.717) is 0 Å². The summed E-state index contributed by atoms with van der Waals surface area (Å²) in [7, 11) is 0. The molecule has 1 N–H and O–H groups in total. The smallest absolute Gasteiger partial charge is 0.270 e. The van der Waals surface area contributed by atoms with Crippen LogP contribution in [0.5, 0.6) is 0 Å².